The molecule has 0 unspecified atom stereocenters. The number of nitrogens with one attached hydrogen (secondary N) is 2. The van der Waals surface area contributed by atoms with Crippen LogP contribution in [-0.4, -0.2) is 9.97 Å². The van der Waals surface area contributed by atoms with E-state index >= 15 is 0 Å². The summed E-state index contributed by atoms with van der Waals surface area (Å²) in [6.07, 6.45) is 0. The van der Waals surface area contributed by atoms with Crippen molar-refractivity contribution in [2.75, 3.05) is 0 Å². The lowest BCUT2D eigenvalue weighted by Crippen LogP contribution is -2.22. The Balaban J connectivity index is 1.58. The maximum absolute atomic E-state index is 3.75. The van der Waals surface area contributed by atoms with Crippen LogP contribution in [0.5, 0.6) is 0 Å². The predicted molar refractivity (Wildman–Crippen MR) is 144 cm³/mol. The second kappa shape index (κ2) is 7.33. The van der Waals surface area contributed by atoms with Crippen molar-refractivity contribution in [3.05, 3.63) is 115 Å². The van der Waals surface area contributed by atoms with Gasteiger partial charge in [0.25, 0.3) is 0 Å². The van der Waals surface area contributed by atoms with E-state index in [1.807, 2.05) is 0 Å². The summed E-state index contributed by atoms with van der Waals surface area (Å²) in [5, 5.41) is 9.20. The number of benzene rings is 5. The summed E-state index contributed by atoms with van der Waals surface area (Å²) >= 11 is 0. The average molecular weight is 440 g/mol. The maximum atomic E-state index is 3.75. The van der Waals surface area contributed by atoms with Gasteiger partial charge in [-0.1, -0.05) is 103 Å². The third-order valence-electron chi connectivity index (χ3n) is 6.53. The standard InChI is InChI=1S/C30H21N2P/c1-2-10-20(11-3-1)33(27-18-8-14-23-21-12-4-6-16-25(21)31-29(23)27)28-19-9-15-24-22-13-5-7-17-26(22)32-30(24)28/h1-19,31-32H. The van der Waals surface area contributed by atoms with Gasteiger partial charge in [0.15, 0.2) is 0 Å². The van der Waals surface area contributed by atoms with Crippen molar-refractivity contribution in [2.24, 2.45) is 0 Å². The first-order chi connectivity index (χ1) is 16.4. The second-order valence-electron chi connectivity index (χ2n) is 8.41. The molecular formula is C30H21N2P. The van der Waals surface area contributed by atoms with Gasteiger partial charge in [0, 0.05) is 43.2 Å². The van der Waals surface area contributed by atoms with Crippen LogP contribution in [0, 0.1) is 0 Å². The van der Waals surface area contributed by atoms with Gasteiger partial charge in [0.05, 0.1) is 11.0 Å². The highest BCUT2D eigenvalue weighted by atomic mass is 31.1. The zero-order valence-corrected chi connectivity index (χ0v) is 18.8. The molecule has 7 rings (SSSR count). The van der Waals surface area contributed by atoms with Gasteiger partial charge in [0.1, 0.15) is 0 Å². The number of hydrogen-bond acceptors (Lipinski definition) is 0. The van der Waals surface area contributed by atoms with Gasteiger partial charge in [-0.15, -0.1) is 0 Å². The minimum absolute atomic E-state index is 0.782. The summed E-state index contributed by atoms with van der Waals surface area (Å²) in [5.74, 6) is 0. The average Bonchev–Trinajstić information content (AvgIpc) is 3.44. The largest absolute Gasteiger partial charge is 0.354 e. The molecule has 2 heterocycles. The lowest BCUT2D eigenvalue weighted by atomic mass is 10.1. The molecule has 0 saturated heterocycles. The van der Waals surface area contributed by atoms with Crippen molar-refractivity contribution >= 4 is 67.4 Å². The molecule has 0 saturated carbocycles. The monoisotopic (exact) mass is 440 g/mol. The van der Waals surface area contributed by atoms with E-state index in [0.29, 0.717) is 0 Å². The molecule has 0 aliphatic carbocycles. The summed E-state index contributed by atoms with van der Waals surface area (Å²) in [5.41, 5.74) is 4.85. The number of fused-ring (bicyclic) bond motifs is 6. The minimum Gasteiger partial charge on any atom is -0.354 e. The summed E-state index contributed by atoms with van der Waals surface area (Å²) < 4.78 is 0. The van der Waals surface area contributed by atoms with E-state index in [0.717, 1.165) is 0 Å². The molecular weight excluding hydrogens is 419 g/mol. The van der Waals surface area contributed by atoms with Crippen LogP contribution >= 0.6 is 7.92 Å². The fourth-order valence-corrected chi connectivity index (χ4v) is 7.63. The molecule has 156 valence electrons. The number of aromatic amines is 2. The zero-order chi connectivity index (χ0) is 21.8. The normalized spacial score (nSPS) is 11.9. The van der Waals surface area contributed by atoms with Crippen LogP contribution in [0.15, 0.2) is 115 Å². The van der Waals surface area contributed by atoms with Crippen LogP contribution in [-0.2, 0) is 0 Å². The van der Waals surface area contributed by atoms with E-state index in [4.69, 9.17) is 0 Å². The Morgan fingerprint density at radius 1 is 0.394 bits per heavy atom. The molecule has 2 aromatic heterocycles. The van der Waals surface area contributed by atoms with Gasteiger partial charge in [-0.05, 0) is 25.4 Å². The van der Waals surface area contributed by atoms with E-state index in [2.05, 4.69) is 125 Å². The minimum atomic E-state index is -0.782. The predicted octanol–water partition coefficient (Wildman–Crippen LogP) is 6.71. The fourth-order valence-electron chi connectivity index (χ4n) is 5.07. The van der Waals surface area contributed by atoms with E-state index in [9.17, 15) is 0 Å². The molecule has 0 atom stereocenters. The molecule has 2 nitrogen and oxygen atoms in total. The maximum Gasteiger partial charge on any atom is 0.0549 e. The first-order valence-electron chi connectivity index (χ1n) is 11.2. The van der Waals surface area contributed by atoms with Crippen molar-refractivity contribution in [3.63, 3.8) is 0 Å². The molecule has 3 heteroatoms. The Kier molecular flexibility index (Phi) is 4.15. The lowest BCUT2D eigenvalue weighted by molar-refractivity contribution is 1.56. The zero-order valence-electron chi connectivity index (χ0n) is 17.9. The third-order valence-corrected chi connectivity index (χ3v) is 9.06. The van der Waals surface area contributed by atoms with Gasteiger partial charge >= 0.3 is 0 Å². The van der Waals surface area contributed by atoms with Crippen LogP contribution in [0.1, 0.15) is 0 Å². The molecule has 0 aliphatic heterocycles. The van der Waals surface area contributed by atoms with E-state index in [-0.39, 0.29) is 0 Å². The Hall–Kier alpha value is -3.87. The van der Waals surface area contributed by atoms with Crippen molar-refractivity contribution in [3.8, 4) is 0 Å². The quantitative estimate of drug-likeness (QED) is 0.286. The van der Waals surface area contributed by atoms with Crippen LogP contribution in [0.2, 0.25) is 0 Å². The number of rotatable bonds is 3. The molecule has 0 amide bonds. The van der Waals surface area contributed by atoms with Crippen molar-refractivity contribution < 1.29 is 0 Å². The third kappa shape index (κ3) is 2.85. The molecule has 5 aromatic carbocycles. The molecule has 0 bridgehead atoms. The fraction of sp³-hybridized carbons (Fsp3) is 0. The molecule has 7 aromatic rings. The van der Waals surface area contributed by atoms with Gasteiger partial charge in [-0.25, -0.2) is 0 Å². The summed E-state index contributed by atoms with van der Waals surface area (Å²) in [7, 11) is -0.782. The Bertz CT molecular complexity index is 1660. The van der Waals surface area contributed by atoms with Crippen LogP contribution in [0.25, 0.3) is 43.6 Å². The van der Waals surface area contributed by atoms with E-state index in [1.165, 1.54) is 59.5 Å². The van der Waals surface area contributed by atoms with Crippen LogP contribution in [0.4, 0.5) is 0 Å². The number of H-pyrrole nitrogens is 2. The summed E-state index contributed by atoms with van der Waals surface area (Å²) in [6.45, 7) is 0. The van der Waals surface area contributed by atoms with Crippen molar-refractivity contribution in [1.29, 1.82) is 0 Å². The first kappa shape index (κ1) is 18.7. The molecule has 33 heavy (non-hydrogen) atoms. The van der Waals surface area contributed by atoms with Crippen molar-refractivity contribution in [1.82, 2.24) is 9.97 Å². The van der Waals surface area contributed by atoms with Crippen molar-refractivity contribution in [2.45, 2.75) is 0 Å². The van der Waals surface area contributed by atoms with E-state index < -0.39 is 7.92 Å². The first-order valence-corrected chi connectivity index (χ1v) is 12.6. The number of para-hydroxylation sites is 4. The topological polar surface area (TPSA) is 31.6 Å². The van der Waals surface area contributed by atoms with E-state index in [1.54, 1.807) is 0 Å². The molecule has 0 radical (unpaired) electrons. The van der Waals surface area contributed by atoms with Gasteiger partial charge in [0.2, 0.25) is 0 Å². The van der Waals surface area contributed by atoms with Gasteiger partial charge < -0.3 is 9.97 Å². The second-order valence-corrected chi connectivity index (χ2v) is 10.6. The Morgan fingerprint density at radius 3 is 1.39 bits per heavy atom. The lowest BCUT2D eigenvalue weighted by Gasteiger charge is -2.21. The Labute approximate surface area is 192 Å². The molecule has 2 N–H and O–H groups in total. The molecule has 0 fully saturated rings. The summed E-state index contributed by atoms with van der Waals surface area (Å²) in [4.78, 5) is 7.49. The highest BCUT2D eigenvalue weighted by Crippen LogP contribution is 2.40. The molecule has 0 spiro atoms. The van der Waals surface area contributed by atoms with Crippen LogP contribution in [0.3, 0.4) is 0 Å². The Morgan fingerprint density at radius 2 is 0.848 bits per heavy atom. The highest BCUT2D eigenvalue weighted by Gasteiger charge is 2.23. The number of aromatic nitrogens is 2. The summed E-state index contributed by atoms with van der Waals surface area (Å²) in [6, 6.07) is 41.6. The number of hydrogen-bond donors (Lipinski definition) is 2. The van der Waals surface area contributed by atoms with Crippen LogP contribution < -0.4 is 15.9 Å². The SMILES string of the molecule is c1ccc(P(c2cccc3c2[nH]c2ccccc23)c2cccc3c2[nH]c2ccccc23)cc1. The molecule has 0 aliphatic rings. The van der Waals surface area contributed by atoms with Gasteiger partial charge in [-0.2, -0.15) is 0 Å². The van der Waals surface area contributed by atoms with Gasteiger partial charge in [-0.3, -0.25) is 0 Å². The smallest absolute Gasteiger partial charge is 0.0549 e. The highest BCUT2D eigenvalue weighted by molar-refractivity contribution is 7.80.